The predicted octanol–water partition coefficient (Wildman–Crippen LogP) is 2.63. The van der Waals surface area contributed by atoms with E-state index in [2.05, 4.69) is 5.32 Å². The molecule has 3 aliphatic heterocycles. The topological polar surface area (TPSA) is 159 Å². The van der Waals surface area contributed by atoms with Gasteiger partial charge < -0.3 is 39.8 Å². The molecule has 0 saturated carbocycles. The number of fused-ring (bicyclic) bond motifs is 2. The molecule has 3 heterocycles. The molecule has 2 fully saturated rings. The highest BCUT2D eigenvalue weighted by molar-refractivity contribution is 7.89. The van der Waals surface area contributed by atoms with Crippen molar-refractivity contribution >= 4 is 16.1 Å². The van der Waals surface area contributed by atoms with Crippen molar-refractivity contribution in [3.63, 3.8) is 0 Å². The fourth-order valence-corrected chi connectivity index (χ4v) is 7.59. The fourth-order valence-electron chi connectivity index (χ4n) is 5.93. The fraction of sp³-hybridized carbons (Fsp3) is 0.581. The van der Waals surface area contributed by atoms with Gasteiger partial charge in [0.05, 0.1) is 36.2 Å². The number of aliphatic hydroxyl groups is 1. The van der Waals surface area contributed by atoms with Crippen molar-refractivity contribution in [1.82, 2.24) is 9.62 Å². The summed E-state index contributed by atoms with van der Waals surface area (Å²) in [5.74, 6) is 0.759. The number of carbonyl (C=O) groups excluding carboxylic acids is 1. The van der Waals surface area contributed by atoms with Gasteiger partial charge in [0, 0.05) is 19.2 Å². The van der Waals surface area contributed by atoms with E-state index >= 15 is 0 Å². The number of ether oxygens (including phenoxy) is 5. The Labute approximate surface area is 258 Å². The Kier molecular flexibility index (Phi) is 10.3. The third-order valence-corrected chi connectivity index (χ3v) is 10.2. The van der Waals surface area contributed by atoms with E-state index in [0.717, 1.165) is 18.4 Å². The molecule has 5 rings (SSSR count). The first-order valence-corrected chi connectivity index (χ1v) is 16.5. The number of benzene rings is 2. The quantitative estimate of drug-likeness (QED) is 0.282. The molecular formula is C31H43N3O9S. The van der Waals surface area contributed by atoms with Crippen molar-refractivity contribution in [2.24, 2.45) is 17.1 Å². The van der Waals surface area contributed by atoms with Gasteiger partial charge in [-0.2, -0.15) is 4.31 Å². The third-order valence-electron chi connectivity index (χ3n) is 8.34. The van der Waals surface area contributed by atoms with Crippen LogP contribution in [0.4, 0.5) is 4.79 Å². The molecule has 2 saturated heterocycles. The molecule has 5 atom stereocenters. The highest BCUT2D eigenvalue weighted by Gasteiger charge is 2.44. The highest BCUT2D eigenvalue weighted by Crippen LogP contribution is 2.36. The summed E-state index contributed by atoms with van der Waals surface area (Å²) in [5.41, 5.74) is 6.17. The van der Waals surface area contributed by atoms with Gasteiger partial charge in [-0.3, -0.25) is 0 Å². The summed E-state index contributed by atoms with van der Waals surface area (Å²) in [5, 5.41) is 14.5. The Morgan fingerprint density at radius 3 is 2.70 bits per heavy atom. The van der Waals surface area contributed by atoms with Crippen LogP contribution < -0.4 is 20.5 Å². The van der Waals surface area contributed by atoms with Gasteiger partial charge in [0.2, 0.25) is 16.8 Å². The molecule has 3 aliphatic rings. The van der Waals surface area contributed by atoms with Crippen molar-refractivity contribution in [1.29, 1.82) is 0 Å². The van der Waals surface area contributed by atoms with E-state index in [4.69, 9.17) is 29.4 Å². The normalized spacial score (nSPS) is 22.5. The SMILES string of the molecule is CC(C)(CCCN)CN(C[C@H](O)[C@H](Cc1ccccc1)NC(=O)O[C@H]1CO[C@H]2OCC[C@H]21)S(=O)(=O)c1ccc2c(c1)OCO2. The van der Waals surface area contributed by atoms with Gasteiger partial charge in [-0.1, -0.05) is 44.2 Å². The number of nitrogens with zero attached hydrogens (tertiary/aromatic N) is 1. The first kappa shape index (κ1) is 32.5. The Balaban J connectivity index is 1.37. The summed E-state index contributed by atoms with van der Waals surface area (Å²) in [6, 6.07) is 13.0. The Morgan fingerprint density at radius 1 is 1.16 bits per heavy atom. The molecule has 0 aliphatic carbocycles. The molecule has 44 heavy (non-hydrogen) atoms. The van der Waals surface area contributed by atoms with Crippen LogP contribution in [-0.4, -0.2) is 88.1 Å². The highest BCUT2D eigenvalue weighted by atomic mass is 32.2. The van der Waals surface area contributed by atoms with E-state index in [-0.39, 0.29) is 50.0 Å². The van der Waals surface area contributed by atoms with Crippen molar-refractivity contribution in [2.75, 3.05) is 39.6 Å². The van der Waals surface area contributed by atoms with E-state index in [0.29, 0.717) is 31.1 Å². The van der Waals surface area contributed by atoms with Crippen LogP contribution in [0.1, 0.15) is 38.7 Å². The van der Waals surface area contributed by atoms with Crippen molar-refractivity contribution in [2.45, 2.75) is 69.0 Å². The average Bonchev–Trinajstić information content (AvgIpc) is 3.74. The lowest BCUT2D eigenvalue weighted by atomic mass is 9.87. The number of amides is 1. The first-order chi connectivity index (χ1) is 21.1. The van der Waals surface area contributed by atoms with Crippen LogP contribution in [0.25, 0.3) is 0 Å². The summed E-state index contributed by atoms with van der Waals surface area (Å²) < 4.78 is 57.1. The third kappa shape index (κ3) is 7.82. The predicted molar refractivity (Wildman–Crippen MR) is 161 cm³/mol. The number of carbonyl (C=O) groups is 1. The van der Waals surface area contributed by atoms with Gasteiger partial charge in [0.1, 0.15) is 6.10 Å². The van der Waals surface area contributed by atoms with Gasteiger partial charge in [0.25, 0.3) is 0 Å². The van der Waals surface area contributed by atoms with Crippen LogP contribution in [0.15, 0.2) is 53.4 Å². The molecule has 2 aromatic rings. The van der Waals surface area contributed by atoms with E-state index < -0.39 is 39.8 Å². The molecule has 242 valence electrons. The van der Waals surface area contributed by atoms with E-state index in [1.165, 1.54) is 16.4 Å². The van der Waals surface area contributed by atoms with Crippen LogP contribution in [-0.2, 0) is 30.7 Å². The lowest BCUT2D eigenvalue weighted by Crippen LogP contribution is -2.52. The van der Waals surface area contributed by atoms with Crippen LogP contribution in [0.5, 0.6) is 11.5 Å². The van der Waals surface area contributed by atoms with Crippen LogP contribution in [0.3, 0.4) is 0 Å². The molecule has 0 spiro atoms. The van der Waals surface area contributed by atoms with Gasteiger partial charge in [-0.05, 0) is 55.3 Å². The summed E-state index contributed by atoms with van der Waals surface area (Å²) in [6.07, 6.45) is -0.457. The van der Waals surface area contributed by atoms with Gasteiger partial charge in [0.15, 0.2) is 17.8 Å². The number of alkyl carbamates (subject to hydrolysis) is 1. The number of aliphatic hydroxyl groups excluding tert-OH is 1. The van der Waals surface area contributed by atoms with Crippen molar-refractivity contribution in [3.05, 3.63) is 54.1 Å². The summed E-state index contributed by atoms with van der Waals surface area (Å²) in [4.78, 5) is 13.2. The average molecular weight is 634 g/mol. The Bertz CT molecular complexity index is 1370. The lowest BCUT2D eigenvalue weighted by molar-refractivity contribution is -0.0907. The van der Waals surface area contributed by atoms with Gasteiger partial charge in [-0.25, -0.2) is 13.2 Å². The number of sulfonamides is 1. The molecule has 4 N–H and O–H groups in total. The second-order valence-corrected chi connectivity index (χ2v) is 14.3. The molecule has 0 aromatic heterocycles. The minimum absolute atomic E-state index is 0.0116. The second-order valence-electron chi connectivity index (χ2n) is 12.3. The standard InChI is InChI=1S/C31H43N3O9S/c1-31(2,12-6-13-32)19-34(44(37,38)22-9-10-26-27(16-22)42-20-41-26)17-25(35)24(15-21-7-4-3-5-8-21)33-30(36)43-28-18-40-29-23(28)11-14-39-29/h3-5,7-10,16,23-25,28-29,35H,6,11-15,17-20,32H2,1-2H3,(H,33,36)/t23-,24-,25-,28-,29+/m0/s1. The zero-order valence-electron chi connectivity index (χ0n) is 25.2. The van der Waals surface area contributed by atoms with Crippen molar-refractivity contribution in [3.8, 4) is 11.5 Å². The van der Waals surface area contributed by atoms with Crippen LogP contribution in [0.2, 0.25) is 0 Å². The second kappa shape index (κ2) is 14.0. The molecule has 0 radical (unpaired) electrons. The largest absolute Gasteiger partial charge is 0.454 e. The minimum Gasteiger partial charge on any atom is -0.454 e. The Hall–Kier alpha value is -2.94. The zero-order valence-corrected chi connectivity index (χ0v) is 26.0. The number of nitrogens with two attached hydrogens (primary N) is 1. The maximum absolute atomic E-state index is 14.1. The number of hydrogen-bond acceptors (Lipinski definition) is 10. The maximum Gasteiger partial charge on any atom is 0.407 e. The zero-order chi connectivity index (χ0) is 31.3. The molecule has 0 bridgehead atoms. The van der Waals surface area contributed by atoms with E-state index in [9.17, 15) is 18.3 Å². The molecule has 0 unspecified atom stereocenters. The molecular weight excluding hydrogens is 590 g/mol. The van der Waals surface area contributed by atoms with Gasteiger partial charge >= 0.3 is 6.09 Å². The molecule has 2 aromatic carbocycles. The number of rotatable bonds is 14. The lowest BCUT2D eigenvalue weighted by Gasteiger charge is -2.35. The van der Waals surface area contributed by atoms with Crippen LogP contribution >= 0.6 is 0 Å². The number of hydrogen-bond donors (Lipinski definition) is 3. The smallest absolute Gasteiger partial charge is 0.407 e. The Morgan fingerprint density at radius 2 is 1.93 bits per heavy atom. The number of nitrogens with one attached hydrogen (secondary N) is 1. The molecule has 12 nitrogen and oxygen atoms in total. The van der Waals surface area contributed by atoms with E-state index in [1.807, 2.05) is 44.2 Å². The molecule has 13 heteroatoms. The van der Waals surface area contributed by atoms with E-state index in [1.54, 1.807) is 6.07 Å². The maximum atomic E-state index is 14.1. The summed E-state index contributed by atoms with van der Waals surface area (Å²) >= 11 is 0. The summed E-state index contributed by atoms with van der Waals surface area (Å²) in [6.45, 7) is 5.05. The first-order valence-electron chi connectivity index (χ1n) is 15.1. The van der Waals surface area contributed by atoms with Gasteiger partial charge in [-0.15, -0.1) is 0 Å². The van der Waals surface area contributed by atoms with Crippen LogP contribution in [0, 0.1) is 11.3 Å². The summed E-state index contributed by atoms with van der Waals surface area (Å²) in [7, 11) is -4.11. The van der Waals surface area contributed by atoms with Crippen molar-refractivity contribution < 1.29 is 42.0 Å². The monoisotopic (exact) mass is 633 g/mol. The minimum atomic E-state index is -4.11. The molecule has 1 amide bonds.